The van der Waals surface area contributed by atoms with Gasteiger partial charge in [-0.15, -0.1) is 11.3 Å². The van der Waals surface area contributed by atoms with Gasteiger partial charge in [-0.1, -0.05) is 6.07 Å². The molecule has 0 aromatic carbocycles. The molecule has 1 atom stereocenters. The van der Waals surface area contributed by atoms with Crippen molar-refractivity contribution >= 4 is 17.2 Å². The molecule has 5 rings (SSSR count). The molecule has 2 aromatic heterocycles. The quantitative estimate of drug-likeness (QED) is 0.737. The number of carbonyl (C=O) groups excluding carboxylic acids is 1. The summed E-state index contributed by atoms with van der Waals surface area (Å²) in [5.74, 6) is 0.409. The molecule has 3 aliphatic rings. The Hall–Kier alpha value is -1.83. The molecular formula is C23H31N5OS. The highest BCUT2D eigenvalue weighted by Crippen LogP contribution is 2.58. The fraction of sp³-hybridized carbons (Fsp3) is 0.609. The van der Waals surface area contributed by atoms with Crippen molar-refractivity contribution in [1.82, 2.24) is 24.7 Å². The third-order valence-corrected chi connectivity index (χ3v) is 8.47. The maximum absolute atomic E-state index is 13.6. The van der Waals surface area contributed by atoms with Crippen LogP contribution in [-0.2, 0) is 17.9 Å². The Bertz CT molecular complexity index is 865. The van der Waals surface area contributed by atoms with Crippen LogP contribution in [0.4, 0.5) is 0 Å². The first-order chi connectivity index (χ1) is 14.6. The van der Waals surface area contributed by atoms with E-state index in [1.807, 2.05) is 24.7 Å². The number of hydrogen-bond donors (Lipinski definition) is 0. The maximum Gasteiger partial charge on any atom is 0.230 e. The number of aromatic nitrogens is 2. The first-order valence-corrected chi connectivity index (χ1v) is 12.0. The number of fused-ring (bicyclic) bond motifs is 1. The van der Waals surface area contributed by atoms with Gasteiger partial charge in [0.15, 0.2) is 0 Å². The Morgan fingerprint density at radius 1 is 1.07 bits per heavy atom. The van der Waals surface area contributed by atoms with E-state index in [2.05, 4.69) is 43.0 Å². The van der Waals surface area contributed by atoms with Crippen molar-refractivity contribution in [2.75, 3.05) is 39.3 Å². The van der Waals surface area contributed by atoms with Crippen molar-refractivity contribution in [3.8, 4) is 0 Å². The average molecular weight is 426 g/mol. The Kier molecular flexibility index (Phi) is 5.37. The van der Waals surface area contributed by atoms with Crippen LogP contribution < -0.4 is 0 Å². The van der Waals surface area contributed by atoms with E-state index in [-0.39, 0.29) is 10.8 Å². The molecule has 30 heavy (non-hydrogen) atoms. The maximum atomic E-state index is 13.6. The lowest BCUT2D eigenvalue weighted by Crippen LogP contribution is -2.52. The minimum absolute atomic E-state index is 0.0928. The Morgan fingerprint density at radius 3 is 2.60 bits per heavy atom. The second-order valence-corrected chi connectivity index (χ2v) is 10.2. The molecule has 1 amide bonds. The summed E-state index contributed by atoms with van der Waals surface area (Å²) in [6.45, 7) is 9.72. The largest absolute Gasteiger partial charge is 0.342 e. The molecular weight excluding hydrogens is 394 g/mol. The smallest absolute Gasteiger partial charge is 0.230 e. The Morgan fingerprint density at radius 2 is 1.93 bits per heavy atom. The normalized spacial score (nSPS) is 27.0. The molecule has 160 valence electrons. The standard InChI is InChI=1S/C23H31N5OS/c1-2-28-12-7-23(21(28)29)18-27(15-19-4-3-8-24-14-19)17-22(23)5-10-26(11-6-22)16-20-25-9-13-30-20/h3-4,8-9,13-14H,2,5-7,10-12,15-18H2,1H3/t23-/m1/s1. The molecule has 0 bridgehead atoms. The highest BCUT2D eigenvalue weighted by molar-refractivity contribution is 7.09. The molecule has 0 unspecified atom stereocenters. The van der Waals surface area contributed by atoms with Gasteiger partial charge in [-0.2, -0.15) is 0 Å². The van der Waals surface area contributed by atoms with E-state index >= 15 is 0 Å². The number of rotatable bonds is 5. The predicted molar refractivity (Wildman–Crippen MR) is 118 cm³/mol. The molecule has 3 fully saturated rings. The van der Waals surface area contributed by atoms with Crippen LogP contribution >= 0.6 is 11.3 Å². The van der Waals surface area contributed by atoms with Crippen molar-refractivity contribution in [2.24, 2.45) is 10.8 Å². The van der Waals surface area contributed by atoms with Crippen LogP contribution in [0.2, 0.25) is 0 Å². The SMILES string of the molecule is CCN1CC[C@@]2(CN(Cc3cccnc3)CC23CCN(Cc2nccs2)CC3)C1=O. The number of likely N-dealkylation sites (tertiary alicyclic amines) is 3. The Balaban J connectivity index is 1.36. The predicted octanol–water partition coefficient (Wildman–Crippen LogP) is 2.87. The van der Waals surface area contributed by atoms with Crippen molar-refractivity contribution in [1.29, 1.82) is 0 Å². The second-order valence-electron chi connectivity index (χ2n) is 9.21. The van der Waals surface area contributed by atoms with Crippen LogP contribution in [-0.4, -0.2) is 69.8 Å². The summed E-state index contributed by atoms with van der Waals surface area (Å²) in [7, 11) is 0. The zero-order valence-electron chi connectivity index (χ0n) is 17.8. The van der Waals surface area contributed by atoms with Crippen LogP contribution in [0.1, 0.15) is 36.8 Å². The molecule has 2 spiro atoms. The van der Waals surface area contributed by atoms with Gasteiger partial charge < -0.3 is 4.90 Å². The van der Waals surface area contributed by atoms with E-state index in [0.29, 0.717) is 5.91 Å². The third kappa shape index (κ3) is 3.37. The van der Waals surface area contributed by atoms with Gasteiger partial charge in [0.05, 0.1) is 12.0 Å². The van der Waals surface area contributed by atoms with E-state index in [0.717, 1.165) is 71.6 Å². The number of piperidine rings is 1. The lowest BCUT2D eigenvalue weighted by molar-refractivity contribution is -0.142. The fourth-order valence-electron chi connectivity index (χ4n) is 6.12. The second kappa shape index (κ2) is 8.02. The average Bonchev–Trinajstić information content (AvgIpc) is 3.46. The zero-order chi connectivity index (χ0) is 20.6. The van der Waals surface area contributed by atoms with Gasteiger partial charge in [-0.25, -0.2) is 4.98 Å². The summed E-state index contributed by atoms with van der Waals surface area (Å²) in [6, 6.07) is 4.16. The third-order valence-electron chi connectivity index (χ3n) is 7.71. The van der Waals surface area contributed by atoms with Crippen molar-refractivity contribution < 1.29 is 4.79 Å². The fourth-order valence-corrected chi connectivity index (χ4v) is 6.78. The summed E-state index contributed by atoms with van der Waals surface area (Å²) >= 11 is 1.74. The number of pyridine rings is 1. The summed E-state index contributed by atoms with van der Waals surface area (Å²) < 4.78 is 0. The first kappa shape index (κ1) is 20.1. The van der Waals surface area contributed by atoms with Gasteiger partial charge in [0.1, 0.15) is 5.01 Å². The van der Waals surface area contributed by atoms with Crippen LogP contribution in [0.25, 0.3) is 0 Å². The number of hydrogen-bond acceptors (Lipinski definition) is 6. The van der Waals surface area contributed by atoms with Gasteiger partial charge in [0, 0.05) is 62.1 Å². The number of amides is 1. The lowest BCUT2D eigenvalue weighted by atomic mass is 9.60. The van der Waals surface area contributed by atoms with Crippen LogP contribution in [0.15, 0.2) is 36.1 Å². The number of carbonyl (C=O) groups is 1. The van der Waals surface area contributed by atoms with Crippen molar-refractivity contribution in [3.63, 3.8) is 0 Å². The summed E-state index contributed by atoms with van der Waals surface area (Å²) in [5.41, 5.74) is 1.12. The van der Waals surface area contributed by atoms with E-state index in [1.165, 1.54) is 10.6 Å². The van der Waals surface area contributed by atoms with Crippen LogP contribution in [0, 0.1) is 10.8 Å². The number of nitrogens with zero attached hydrogens (tertiary/aromatic N) is 5. The van der Waals surface area contributed by atoms with Gasteiger partial charge in [-0.05, 0) is 50.9 Å². The molecule has 3 aliphatic heterocycles. The zero-order valence-corrected chi connectivity index (χ0v) is 18.6. The van der Waals surface area contributed by atoms with E-state index in [1.54, 1.807) is 11.3 Å². The van der Waals surface area contributed by atoms with Crippen molar-refractivity contribution in [3.05, 3.63) is 46.7 Å². The summed E-state index contributed by atoms with van der Waals surface area (Å²) in [4.78, 5) is 29.5. The highest BCUT2D eigenvalue weighted by Gasteiger charge is 2.64. The number of thiazole rings is 1. The Labute approximate surface area is 182 Å². The summed E-state index contributed by atoms with van der Waals surface area (Å²) in [5, 5.41) is 3.25. The first-order valence-electron chi connectivity index (χ1n) is 11.2. The molecule has 7 heteroatoms. The topological polar surface area (TPSA) is 52.6 Å². The van der Waals surface area contributed by atoms with Crippen molar-refractivity contribution in [2.45, 2.75) is 39.3 Å². The summed E-state index contributed by atoms with van der Waals surface area (Å²) in [6.07, 6.45) is 8.90. The minimum Gasteiger partial charge on any atom is -0.342 e. The van der Waals surface area contributed by atoms with E-state index in [4.69, 9.17) is 0 Å². The molecule has 6 nitrogen and oxygen atoms in total. The molecule has 5 heterocycles. The minimum atomic E-state index is -0.210. The van der Waals surface area contributed by atoms with Crippen LogP contribution in [0.5, 0.6) is 0 Å². The van der Waals surface area contributed by atoms with E-state index < -0.39 is 0 Å². The van der Waals surface area contributed by atoms with Gasteiger partial charge in [-0.3, -0.25) is 19.6 Å². The van der Waals surface area contributed by atoms with Crippen LogP contribution in [0.3, 0.4) is 0 Å². The molecule has 0 radical (unpaired) electrons. The van der Waals surface area contributed by atoms with Gasteiger partial charge in [0.2, 0.25) is 5.91 Å². The molecule has 0 aliphatic carbocycles. The highest BCUT2D eigenvalue weighted by atomic mass is 32.1. The van der Waals surface area contributed by atoms with Gasteiger partial charge >= 0.3 is 0 Å². The molecule has 2 aromatic rings. The molecule has 3 saturated heterocycles. The van der Waals surface area contributed by atoms with E-state index in [9.17, 15) is 4.79 Å². The van der Waals surface area contributed by atoms with Gasteiger partial charge in [0.25, 0.3) is 0 Å². The molecule has 0 N–H and O–H groups in total. The molecule has 0 saturated carbocycles. The monoisotopic (exact) mass is 425 g/mol. The lowest BCUT2D eigenvalue weighted by Gasteiger charge is -2.47.